The third-order valence-corrected chi connectivity index (χ3v) is 2.59. The van der Waals surface area contributed by atoms with E-state index in [-0.39, 0.29) is 5.91 Å². The molecular weight excluding hydrogens is 257 g/mol. The molecule has 0 atom stereocenters. The number of halogens is 2. The van der Waals surface area contributed by atoms with Crippen molar-refractivity contribution in [3.05, 3.63) is 64.1 Å². The first-order valence-electron chi connectivity index (χ1n) is 4.97. The number of anilines is 1. The average molecular weight is 266 g/mol. The van der Waals surface area contributed by atoms with Crippen molar-refractivity contribution in [3.8, 4) is 0 Å². The van der Waals surface area contributed by atoms with E-state index < -0.39 is 0 Å². The lowest BCUT2D eigenvalue weighted by molar-refractivity contribution is 0.102. The van der Waals surface area contributed by atoms with Crippen LogP contribution in [0, 0.1) is 0 Å². The van der Waals surface area contributed by atoms with Crippen LogP contribution >= 0.6 is 23.2 Å². The number of hydrogen-bond acceptors (Lipinski definition) is 1. The van der Waals surface area contributed by atoms with E-state index >= 15 is 0 Å². The Morgan fingerprint density at radius 3 is 2.12 bits per heavy atom. The third-order valence-electron chi connectivity index (χ3n) is 2.16. The molecule has 0 aromatic heterocycles. The van der Waals surface area contributed by atoms with Crippen LogP contribution in [0.4, 0.5) is 5.69 Å². The zero-order valence-corrected chi connectivity index (χ0v) is 10.3. The van der Waals surface area contributed by atoms with Crippen LogP contribution in [0.3, 0.4) is 0 Å². The summed E-state index contributed by atoms with van der Waals surface area (Å²) < 4.78 is 0. The highest BCUT2D eigenvalue weighted by Crippen LogP contribution is 2.22. The molecular formula is C13H9Cl2NO. The first kappa shape index (κ1) is 12.0. The maximum Gasteiger partial charge on any atom is 0.255 e. The Morgan fingerprint density at radius 1 is 0.941 bits per heavy atom. The molecule has 0 bridgehead atoms. The Balaban J connectivity index is 2.19. The predicted octanol–water partition coefficient (Wildman–Crippen LogP) is 4.25. The SMILES string of the molecule is O=C(Nc1cc(Cl)cc(Cl)c1)c1ccccc1. The van der Waals surface area contributed by atoms with Crippen LogP contribution < -0.4 is 5.32 Å². The molecule has 0 unspecified atom stereocenters. The zero-order valence-electron chi connectivity index (χ0n) is 8.78. The second-order valence-electron chi connectivity index (χ2n) is 3.48. The second kappa shape index (κ2) is 5.21. The summed E-state index contributed by atoms with van der Waals surface area (Å²) in [4.78, 5) is 11.8. The van der Waals surface area contributed by atoms with Gasteiger partial charge < -0.3 is 5.32 Å². The van der Waals surface area contributed by atoms with Crippen LogP contribution in [0.25, 0.3) is 0 Å². The van der Waals surface area contributed by atoms with Gasteiger partial charge in [0, 0.05) is 21.3 Å². The molecule has 0 saturated heterocycles. The fourth-order valence-electron chi connectivity index (χ4n) is 1.42. The molecule has 0 heterocycles. The maximum absolute atomic E-state index is 11.8. The summed E-state index contributed by atoms with van der Waals surface area (Å²) in [5.74, 6) is -0.191. The molecule has 1 N–H and O–H groups in total. The van der Waals surface area contributed by atoms with Gasteiger partial charge in [-0.05, 0) is 30.3 Å². The second-order valence-corrected chi connectivity index (χ2v) is 4.35. The van der Waals surface area contributed by atoms with Gasteiger partial charge in [0.1, 0.15) is 0 Å². The Bertz CT molecular complexity index is 520. The maximum atomic E-state index is 11.8. The molecule has 2 rings (SSSR count). The highest BCUT2D eigenvalue weighted by molar-refractivity contribution is 6.35. The summed E-state index contributed by atoms with van der Waals surface area (Å²) in [6, 6.07) is 13.8. The van der Waals surface area contributed by atoms with Gasteiger partial charge >= 0.3 is 0 Å². The van der Waals surface area contributed by atoms with Crippen LogP contribution in [-0.4, -0.2) is 5.91 Å². The summed E-state index contributed by atoms with van der Waals surface area (Å²) in [5, 5.41) is 3.71. The molecule has 0 radical (unpaired) electrons. The van der Waals surface area contributed by atoms with Crippen molar-refractivity contribution in [2.24, 2.45) is 0 Å². The van der Waals surface area contributed by atoms with E-state index in [9.17, 15) is 4.79 Å². The average Bonchev–Trinajstić information content (AvgIpc) is 2.28. The first-order chi connectivity index (χ1) is 8.15. The lowest BCUT2D eigenvalue weighted by Crippen LogP contribution is -2.11. The molecule has 0 saturated carbocycles. The smallest absolute Gasteiger partial charge is 0.255 e. The van der Waals surface area contributed by atoms with Crippen LogP contribution in [0.5, 0.6) is 0 Å². The van der Waals surface area contributed by atoms with Gasteiger partial charge in [-0.2, -0.15) is 0 Å². The Kier molecular flexibility index (Phi) is 3.67. The quantitative estimate of drug-likeness (QED) is 0.865. The predicted molar refractivity (Wildman–Crippen MR) is 70.9 cm³/mol. The van der Waals surface area contributed by atoms with Crippen LogP contribution in [-0.2, 0) is 0 Å². The Morgan fingerprint density at radius 2 is 1.53 bits per heavy atom. The number of nitrogens with one attached hydrogen (secondary N) is 1. The van der Waals surface area contributed by atoms with E-state index in [4.69, 9.17) is 23.2 Å². The number of carbonyl (C=O) groups is 1. The van der Waals surface area contributed by atoms with Crippen molar-refractivity contribution in [2.75, 3.05) is 5.32 Å². The molecule has 0 aliphatic heterocycles. The summed E-state index contributed by atoms with van der Waals surface area (Å²) in [6.45, 7) is 0. The summed E-state index contributed by atoms with van der Waals surface area (Å²) in [6.07, 6.45) is 0. The fourth-order valence-corrected chi connectivity index (χ4v) is 1.94. The van der Waals surface area contributed by atoms with Gasteiger partial charge in [0.05, 0.1) is 0 Å². The molecule has 0 spiro atoms. The molecule has 0 aliphatic rings. The van der Waals surface area contributed by atoms with Gasteiger partial charge in [0.15, 0.2) is 0 Å². The van der Waals surface area contributed by atoms with Gasteiger partial charge in [-0.3, -0.25) is 4.79 Å². The molecule has 0 fully saturated rings. The standard InChI is InChI=1S/C13H9Cl2NO/c14-10-6-11(15)8-12(7-10)16-13(17)9-4-2-1-3-5-9/h1-8H,(H,16,17). The lowest BCUT2D eigenvalue weighted by atomic mass is 10.2. The van der Waals surface area contributed by atoms with Crippen molar-refractivity contribution < 1.29 is 4.79 Å². The van der Waals surface area contributed by atoms with E-state index in [1.807, 2.05) is 6.07 Å². The van der Waals surface area contributed by atoms with E-state index in [0.717, 1.165) is 0 Å². The van der Waals surface area contributed by atoms with Gasteiger partial charge in [0.2, 0.25) is 0 Å². The highest BCUT2D eigenvalue weighted by atomic mass is 35.5. The van der Waals surface area contributed by atoms with Crippen molar-refractivity contribution in [1.82, 2.24) is 0 Å². The van der Waals surface area contributed by atoms with Crippen molar-refractivity contribution >= 4 is 34.8 Å². The van der Waals surface area contributed by atoms with Gasteiger partial charge in [0.25, 0.3) is 5.91 Å². The Labute approximate surface area is 109 Å². The molecule has 1 amide bonds. The van der Waals surface area contributed by atoms with Crippen LogP contribution in [0.15, 0.2) is 48.5 Å². The molecule has 2 nitrogen and oxygen atoms in total. The zero-order chi connectivity index (χ0) is 12.3. The molecule has 4 heteroatoms. The molecule has 17 heavy (non-hydrogen) atoms. The minimum Gasteiger partial charge on any atom is -0.322 e. The van der Waals surface area contributed by atoms with Crippen molar-refractivity contribution in [2.45, 2.75) is 0 Å². The van der Waals surface area contributed by atoms with E-state index in [2.05, 4.69) is 5.32 Å². The molecule has 2 aromatic carbocycles. The van der Waals surface area contributed by atoms with Gasteiger partial charge in [-0.25, -0.2) is 0 Å². The summed E-state index contributed by atoms with van der Waals surface area (Å²) >= 11 is 11.7. The van der Waals surface area contributed by atoms with Crippen LogP contribution in [0.1, 0.15) is 10.4 Å². The number of benzene rings is 2. The van der Waals surface area contributed by atoms with Gasteiger partial charge in [-0.1, -0.05) is 41.4 Å². The fraction of sp³-hybridized carbons (Fsp3) is 0. The van der Waals surface area contributed by atoms with Gasteiger partial charge in [-0.15, -0.1) is 0 Å². The lowest BCUT2D eigenvalue weighted by Gasteiger charge is -2.06. The van der Waals surface area contributed by atoms with Crippen LogP contribution in [0.2, 0.25) is 10.0 Å². The molecule has 86 valence electrons. The molecule has 2 aromatic rings. The van der Waals surface area contributed by atoms with Crippen molar-refractivity contribution in [1.29, 1.82) is 0 Å². The first-order valence-corrected chi connectivity index (χ1v) is 5.73. The Hall–Kier alpha value is -1.51. The van der Waals surface area contributed by atoms with E-state index in [0.29, 0.717) is 21.3 Å². The number of amides is 1. The molecule has 0 aliphatic carbocycles. The third kappa shape index (κ3) is 3.22. The topological polar surface area (TPSA) is 29.1 Å². The normalized spacial score (nSPS) is 10.0. The summed E-state index contributed by atoms with van der Waals surface area (Å²) in [5.41, 5.74) is 1.17. The monoisotopic (exact) mass is 265 g/mol. The minimum absolute atomic E-state index is 0.191. The highest BCUT2D eigenvalue weighted by Gasteiger charge is 2.06. The number of rotatable bonds is 2. The number of carbonyl (C=O) groups excluding carboxylic acids is 1. The number of hydrogen-bond donors (Lipinski definition) is 1. The van der Waals surface area contributed by atoms with E-state index in [1.165, 1.54) is 0 Å². The minimum atomic E-state index is -0.191. The van der Waals surface area contributed by atoms with E-state index in [1.54, 1.807) is 42.5 Å². The van der Waals surface area contributed by atoms with Crippen molar-refractivity contribution in [3.63, 3.8) is 0 Å². The summed E-state index contributed by atoms with van der Waals surface area (Å²) in [7, 11) is 0. The largest absolute Gasteiger partial charge is 0.322 e.